The number of amides is 1. The number of likely N-dealkylation sites (N-methyl/N-ethyl adjacent to an activating group) is 1. The molecular formula is C55H74IN3O21S4. The molecule has 1 aromatic carbocycles. The van der Waals surface area contributed by atoms with E-state index in [1.165, 1.54) is 64.9 Å². The summed E-state index contributed by atoms with van der Waals surface area (Å²) in [5.74, 6) is 11.3. The highest BCUT2D eigenvalue weighted by molar-refractivity contribution is 14.1. The monoisotopic (exact) mass is 1370 g/mol. The lowest BCUT2D eigenvalue weighted by Gasteiger charge is -2.46. The van der Waals surface area contributed by atoms with E-state index in [-0.39, 0.29) is 71.2 Å². The van der Waals surface area contributed by atoms with Gasteiger partial charge in [0.25, 0.3) is 0 Å². The first-order chi connectivity index (χ1) is 40.2. The Hall–Kier alpha value is -2.94. The fourth-order valence-electron chi connectivity index (χ4n) is 10.5. The van der Waals surface area contributed by atoms with Gasteiger partial charge in [0.2, 0.25) is 17.2 Å². The molecule has 4 fully saturated rings. The van der Waals surface area contributed by atoms with Crippen LogP contribution in [0.5, 0.6) is 17.2 Å². The Bertz CT molecular complexity index is 2710. The number of fused-ring (bicyclic) bond motifs is 2. The summed E-state index contributed by atoms with van der Waals surface area (Å²) in [7, 11) is 11.3. The molecule has 24 nitrogen and oxygen atoms in total. The van der Waals surface area contributed by atoms with Crippen molar-refractivity contribution >= 4 is 82.8 Å². The number of nitrogens with one attached hydrogen (secondary N) is 3. The van der Waals surface area contributed by atoms with Gasteiger partial charge in [-0.25, -0.2) is 4.79 Å². The predicted octanol–water partition coefficient (Wildman–Crippen LogP) is 3.20. The minimum Gasteiger partial charge on any atom is -0.492 e. The largest absolute Gasteiger partial charge is 0.492 e. The van der Waals surface area contributed by atoms with E-state index in [9.17, 15) is 39.9 Å². The first-order valence-corrected chi connectivity index (χ1v) is 32.9. The topological polar surface area (TPSA) is 308 Å². The summed E-state index contributed by atoms with van der Waals surface area (Å²) in [4.78, 5) is 47.5. The van der Waals surface area contributed by atoms with Crippen LogP contribution in [0, 0.1) is 34.2 Å². The molecule has 466 valence electrons. The molecule has 7 rings (SSSR count). The molecule has 0 unspecified atom stereocenters. The number of thioether (sulfide) groups is 1. The van der Waals surface area contributed by atoms with Crippen molar-refractivity contribution in [2.24, 2.45) is 0 Å². The van der Waals surface area contributed by atoms with Crippen molar-refractivity contribution in [2.75, 3.05) is 60.7 Å². The quantitative estimate of drug-likeness (QED) is 0.0272. The highest BCUT2D eigenvalue weighted by atomic mass is 127. The van der Waals surface area contributed by atoms with Crippen molar-refractivity contribution in [2.45, 2.75) is 169 Å². The lowest BCUT2D eigenvalue weighted by Crippen LogP contribution is -2.65. The fourth-order valence-corrected chi connectivity index (χ4v) is 14.7. The molecule has 1 aromatic rings. The Morgan fingerprint density at radius 3 is 2.27 bits per heavy atom. The number of hydroxylamine groups is 1. The van der Waals surface area contributed by atoms with Gasteiger partial charge in [0.15, 0.2) is 41.8 Å². The zero-order chi connectivity index (χ0) is 61.2. The summed E-state index contributed by atoms with van der Waals surface area (Å²) < 4.78 is 72.5. The number of rotatable bonds is 22. The molecule has 2 aliphatic carbocycles. The summed E-state index contributed by atoms with van der Waals surface area (Å²) in [6, 6.07) is -1.27. The van der Waals surface area contributed by atoms with Gasteiger partial charge in [-0.05, 0) is 90.6 Å². The number of aliphatic hydroxyl groups excluding tert-OH is 4. The molecule has 0 aromatic heterocycles. The van der Waals surface area contributed by atoms with Gasteiger partial charge in [-0.15, -0.1) is 0 Å². The molecule has 6 aliphatic rings. The Morgan fingerprint density at radius 1 is 0.881 bits per heavy atom. The lowest BCUT2D eigenvalue weighted by molar-refractivity contribution is -0.336. The third-order valence-corrected chi connectivity index (χ3v) is 21.2. The number of methoxy groups -OCH3 is 5. The average Bonchev–Trinajstić information content (AvgIpc) is 1.36. The number of hydrogen-bond acceptors (Lipinski definition) is 27. The van der Waals surface area contributed by atoms with E-state index in [1.54, 1.807) is 40.9 Å². The third kappa shape index (κ3) is 15.7. The van der Waals surface area contributed by atoms with Crippen LogP contribution in [0.2, 0.25) is 0 Å². The summed E-state index contributed by atoms with van der Waals surface area (Å²) in [5.41, 5.74) is 1.30. The summed E-state index contributed by atoms with van der Waals surface area (Å²) in [6.45, 7) is 9.41. The number of aliphatic hydroxyl groups is 5. The van der Waals surface area contributed by atoms with Gasteiger partial charge in [-0.1, -0.05) is 70.0 Å². The van der Waals surface area contributed by atoms with Crippen molar-refractivity contribution in [3.63, 3.8) is 0 Å². The number of allylic oxidation sites excluding steroid dienone is 3. The van der Waals surface area contributed by atoms with Gasteiger partial charge in [0, 0.05) is 44.0 Å². The minimum absolute atomic E-state index is 0.0155. The molecule has 19 atom stereocenters. The van der Waals surface area contributed by atoms with Crippen LogP contribution in [-0.4, -0.2) is 218 Å². The van der Waals surface area contributed by atoms with Gasteiger partial charge < -0.3 is 87.7 Å². The fraction of sp³-hybridized carbons (Fsp3) is 0.655. The molecule has 0 radical (unpaired) electrons. The summed E-state index contributed by atoms with van der Waals surface area (Å²) in [6.07, 6.45) is -11.9. The van der Waals surface area contributed by atoms with Crippen LogP contribution in [0.1, 0.15) is 62.9 Å². The van der Waals surface area contributed by atoms with Crippen molar-refractivity contribution in [3.05, 3.63) is 49.8 Å². The van der Waals surface area contributed by atoms with Crippen LogP contribution in [0.25, 0.3) is 0 Å². The smallest absolute Gasteiger partial charge is 0.411 e. The second-order valence-corrected chi connectivity index (χ2v) is 26.7. The Balaban J connectivity index is 1.12. The molecule has 1 amide bonds. The molecule has 84 heavy (non-hydrogen) atoms. The molecule has 4 saturated heterocycles. The number of alkyl carbamates (subject to hydrolysis) is 1. The second kappa shape index (κ2) is 31.5. The third-order valence-electron chi connectivity index (χ3n) is 14.8. The van der Waals surface area contributed by atoms with Crippen LogP contribution < -0.4 is 30.3 Å². The SMILES string of the molecule is CCN[C@H]1CO[C@@H](O[C@H]2[C@H](O[C@H]3C#C/C=C/C#C[C@@]4(O)CC(=O)C(NC(=O)OC)=C3/C4=C\CSSSC)O[C@H](C)[C@@H](NO[C@H]3C[C@H](O)[C@H](SC(=O)c4c(C)c(I)c(O[C@@H]5O[C@@H](C)[C@H](O)[C@@H](OC)[C@H]5O)c(OC)c4OC)[C@@H](C)O3)[C@@H]2O)C[C@@H]1OC. The maximum Gasteiger partial charge on any atom is 0.411 e. The average molecular weight is 1370 g/mol. The molecule has 4 heterocycles. The number of hydrogen-bond donors (Lipinski definition) is 8. The second-order valence-electron chi connectivity index (χ2n) is 20.1. The van der Waals surface area contributed by atoms with E-state index in [0.717, 1.165) is 18.9 Å². The molecule has 2 bridgehead atoms. The van der Waals surface area contributed by atoms with E-state index >= 15 is 0 Å². The molecule has 4 aliphatic heterocycles. The zero-order valence-corrected chi connectivity index (χ0v) is 53.6. The lowest BCUT2D eigenvalue weighted by atomic mass is 9.75. The van der Waals surface area contributed by atoms with Crippen molar-refractivity contribution in [1.29, 1.82) is 0 Å². The number of carbonyl (C=O) groups excluding carboxylic acids is 3. The molecule has 0 spiro atoms. The number of ketones is 1. The summed E-state index contributed by atoms with van der Waals surface area (Å²) in [5, 5.41) is 62.7. The minimum atomic E-state index is -2.05. The highest BCUT2D eigenvalue weighted by Gasteiger charge is 2.52. The van der Waals surface area contributed by atoms with E-state index < -0.39 is 127 Å². The Kier molecular flexibility index (Phi) is 25.7. The number of benzene rings is 1. The predicted molar refractivity (Wildman–Crippen MR) is 320 cm³/mol. The normalized spacial score (nSPS) is 35.9. The van der Waals surface area contributed by atoms with Crippen LogP contribution >= 0.6 is 65.8 Å². The first kappa shape index (κ1) is 68.5. The maximum absolute atomic E-state index is 14.4. The van der Waals surface area contributed by atoms with Gasteiger partial charge >= 0.3 is 6.09 Å². The van der Waals surface area contributed by atoms with Crippen LogP contribution in [-0.2, 0) is 52.3 Å². The van der Waals surface area contributed by atoms with Gasteiger partial charge in [0.05, 0.1) is 97.0 Å². The molecule has 29 heteroatoms. The number of ether oxygens (including phenoxy) is 12. The maximum atomic E-state index is 14.4. The van der Waals surface area contributed by atoms with E-state index in [4.69, 9.17) is 61.7 Å². The van der Waals surface area contributed by atoms with Gasteiger partial charge in [0.1, 0.15) is 36.6 Å². The zero-order valence-electron chi connectivity index (χ0n) is 48.1. The Labute approximate surface area is 517 Å². The first-order valence-electron chi connectivity index (χ1n) is 26.9. The van der Waals surface area contributed by atoms with Crippen molar-refractivity contribution < 1.29 is 102 Å². The molecule has 8 N–H and O–H groups in total. The Morgan fingerprint density at radius 2 is 1.61 bits per heavy atom. The van der Waals surface area contributed by atoms with Gasteiger partial charge in [-0.3, -0.25) is 19.7 Å². The van der Waals surface area contributed by atoms with E-state index in [1.807, 2.05) is 35.8 Å². The number of halogens is 1. The molecule has 0 saturated carbocycles. The van der Waals surface area contributed by atoms with Crippen molar-refractivity contribution in [3.8, 4) is 40.9 Å². The van der Waals surface area contributed by atoms with Crippen molar-refractivity contribution in [1.82, 2.24) is 16.1 Å². The number of Topliss-reactive ketones (excluding diaryl/α,β-unsaturated/α-hetero) is 1. The van der Waals surface area contributed by atoms with E-state index in [2.05, 4.69) is 39.8 Å². The van der Waals surface area contributed by atoms with Gasteiger partial charge in [-0.2, -0.15) is 5.48 Å². The standard InChI is InChI=1S/C55H74IN3O21S4/c1-12-57-30-24-73-35(22-34(30)68-6)78-48-43(63)40(26(3)75-53(48)77-33-17-15-13-14-16-19-55(67)23-32(61)41(58-54(66)72-10)38(33)29(55)18-20-82-84-81-11)59-80-36-21-31(60)50(28(5)74-36)83-51(65)37-25(2)39(56)46(49(71-9)45(37)69-7)79-52-44(64)47(70-8)42(62)27(4)76-52/h13-14,18,26-28,30-31,33-36,40,42-44,47-48,50,52-53,57,59-60,62-64,67H,12,20-24H2,1-11H3,(H,58,66)/b14-13+,29-18+/t26-,27+,28-,30+,31+,33+,34+,35+,36+,40-,42+,43+,44-,47-,48-,50-,52+,53+,55-/m1/s1. The highest BCUT2D eigenvalue weighted by Crippen LogP contribution is 2.49. The number of carbonyl (C=O) groups is 3. The van der Waals surface area contributed by atoms with Crippen LogP contribution in [0.4, 0.5) is 4.79 Å². The van der Waals surface area contributed by atoms with Crippen LogP contribution in [0.15, 0.2) is 35.1 Å². The molecular weight excluding hydrogens is 1290 g/mol. The summed E-state index contributed by atoms with van der Waals surface area (Å²) >= 11 is 2.83. The van der Waals surface area contributed by atoms with Crippen LogP contribution in [0.3, 0.4) is 0 Å². The van der Waals surface area contributed by atoms with E-state index in [0.29, 0.717) is 21.4 Å².